The fraction of sp³-hybridized carbons (Fsp3) is 0.286. The molecule has 0 spiro atoms. The molecule has 2 aromatic rings. The SMILES string of the molecule is C=C/C=C\C1C=NC=C(Nc2c(C(=O)OC)oc3cnccc23)C1C.CC. The summed E-state index contributed by atoms with van der Waals surface area (Å²) in [6.07, 6.45) is 12.5. The van der Waals surface area contributed by atoms with E-state index in [0.29, 0.717) is 11.3 Å². The summed E-state index contributed by atoms with van der Waals surface area (Å²) >= 11 is 0. The molecule has 3 rings (SSSR count). The van der Waals surface area contributed by atoms with Crippen molar-refractivity contribution >= 4 is 28.8 Å². The van der Waals surface area contributed by atoms with Crippen LogP contribution in [-0.4, -0.2) is 24.3 Å². The van der Waals surface area contributed by atoms with E-state index in [-0.39, 0.29) is 17.6 Å². The number of anilines is 1. The first-order chi connectivity index (χ1) is 13.2. The highest BCUT2D eigenvalue weighted by molar-refractivity contribution is 6.04. The van der Waals surface area contributed by atoms with E-state index in [1.54, 1.807) is 30.7 Å². The molecule has 2 unspecified atom stereocenters. The van der Waals surface area contributed by atoms with Crippen LogP contribution in [0.25, 0.3) is 11.0 Å². The summed E-state index contributed by atoms with van der Waals surface area (Å²) in [6.45, 7) is 9.78. The van der Waals surface area contributed by atoms with Gasteiger partial charge in [0.05, 0.1) is 13.3 Å². The Labute approximate surface area is 159 Å². The summed E-state index contributed by atoms with van der Waals surface area (Å²) in [6, 6.07) is 1.79. The van der Waals surface area contributed by atoms with Gasteiger partial charge in [-0.05, 0) is 6.07 Å². The van der Waals surface area contributed by atoms with Gasteiger partial charge in [-0.3, -0.25) is 9.98 Å². The number of ether oxygens (including phenoxy) is 1. The Hall–Kier alpha value is -3.15. The lowest BCUT2D eigenvalue weighted by Gasteiger charge is -2.24. The first-order valence-corrected chi connectivity index (χ1v) is 8.90. The second kappa shape index (κ2) is 9.52. The number of rotatable bonds is 5. The maximum atomic E-state index is 12.1. The molecule has 2 atom stereocenters. The van der Waals surface area contributed by atoms with Gasteiger partial charge >= 0.3 is 5.97 Å². The van der Waals surface area contributed by atoms with Crippen LogP contribution in [0.15, 0.2) is 64.6 Å². The van der Waals surface area contributed by atoms with Gasteiger partial charge in [0.15, 0.2) is 5.58 Å². The number of fused-ring (bicyclic) bond motifs is 1. The third kappa shape index (κ3) is 4.34. The monoisotopic (exact) mass is 367 g/mol. The summed E-state index contributed by atoms with van der Waals surface area (Å²) in [5.41, 5.74) is 1.96. The van der Waals surface area contributed by atoms with Gasteiger partial charge in [-0.2, -0.15) is 0 Å². The highest BCUT2D eigenvalue weighted by atomic mass is 16.5. The second-order valence-electron chi connectivity index (χ2n) is 5.66. The Morgan fingerprint density at radius 1 is 1.41 bits per heavy atom. The van der Waals surface area contributed by atoms with Crippen molar-refractivity contribution in [3.63, 3.8) is 0 Å². The minimum absolute atomic E-state index is 0.117. The molecule has 0 aromatic carbocycles. The molecule has 27 heavy (non-hydrogen) atoms. The number of carbonyl (C=O) groups excluding carboxylic acids is 1. The minimum Gasteiger partial charge on any atom is -0.463 e. The Bertz CT molecular complexity index is 893. The number of pyridine rings is 1. The van der Waals surface area contributed by atoms with Crippen molar-refractivity contribution in [2.75, 3.05) is 12.4 Å². The molecular weight excluding hydrogens is 342 g/mol. The van der Waals surface area contributed by atoms with E-state index in [2.05, 4.69) is 28.8 Å². The highest BCUT2D eigenvalue weighted by Crippen LogP contribution is 2.34. The number of hydrogen-bond acceptors (Lipinski definition) is 6. The van der Waals surface area contributed by atoms with Crippen LogP contribution in [-0.2, 0) is 4.74 Å². The highest BCUT2D eigenvalue weighted by Gasteiger charge is 2.26. The Kier molecular flexibility index (Phi) is 7.11. The molecule has 0 bridgehead atoms. The van der Waals surface area contributed by atoms with Crippen molar-refractivity contribution in [3.05, 3.63) is 60.9 Å². The van der Waals surface area contributed by atoms with Crippen molar-refractivity contribution in [2.24, 2.45) is 16.8 Å². The van der Waals surface area contributed by atoms with Crippen molar-refractivity contribution in [1.82, 2.24) is 4.98 Å². The Morgan fingerprint density at radius 2 is 2.19 bits per heavy atom. The molecule has 6 heteroatoms. The molecule has 0 fully saturated rings. The summed E-state index contributed by atoms with van der Waals surface area (Å²) in [4.78, 5) is 20.4. The smallest absolute Gasteiger partial charge is 0.376 e. The molecule has 0 aliphatic carbocycles. The van der Waals surface area contributed by atoms with Crippen LogP contribution in [0.1, 0.15) is 31.3 Å². The maximum Gasteiger partial charge on any atom is 0.376 e. The normalized spacial score (nSPS) is 18.6. The number of furan rings is 1. The molecule has 0 saturated heterocycles. The van der Waals surface area contributed by atoms with Crippen LogP contribution in [0.3, 0.4) is 0 Å². The quantitative estimate of drug-likeness (QED) is 0.596. The number of methoxy groups -OCH3 is 1. The lowest BCUT2D eigenvalue weighted by molar-refractivity contribution is 0.0569. The maximum absolute atomic E-state index is 12.1. The molecule has 3 heterocycles. The molecule has 6 nitrogen and oxygen atoms in total. The van der Waals surface area contributed by atoms with E-state index in [4.69, 9.17) is 9.15 Å². The van der Waals surface area contributed by atoms with Crippen LogP contribution >= 0.6 is 0 Å². The van der Waals surface area contributed by atoms with E-state index in [1.165, 1.54) is 7.11 Å². The number of aliphatic imine (C=N–C) groups is 1. The fourth-order valence-electron chi connectivity index (χ4n) is 2.70. The topological polar surface area (TPSA) is 76.7 Å². The zero-order chi connectivity index (χ0) is 19.8. The number of esters is 1. The molecule has 1 aliphatic rings. The third-order valence-corrected chi connectivity index (χ3v) is 4.14. The van der Waals surface area contributed by atoms with Gasteiger partial charge in [0.1, 0.15) is 5.69 Å². The van der Waals surface area contributed by atoms with Crippen LogP contribution in [0.2, 0.25) is 0 Å². The van der Waals surface area contributed by atoms with E-state index < -0.39 is 5.97 Å². The predicted octanol–water partition coefficient (Wildman–Crippen LogP) is 4.97. The lowest BCUT2D eigenvalue weighted by Crippen LogP contribution is -2.21. The van der Waals surface area contributed by atoms with E-state index in [1.807, 2.05) is 32.2 Å². The Morgan fingerprint density at radius 3 is 2.89 bits per heavy atom. The van der Waals surface area contributed by atoms with Gasteiger partial charge in [0.25, 0.3) is 0 Å². The largest absolute Gasteiger partial charge is 0.463 e. The zero-order valence-electron chi connectivity index (χ0n) is 16.1. The molecule has 142 valence electrons. The van der Waals surface area contributed by atoms with Crippen molar-refractivity contribution in [3.8, 4) is 0 Å². The number of nitrogens with zero attached hydrogens (tertiary/aromatic N) is 2. The summed E-state index contributed by atoms with van der Waals surface area (Å²) < 4.78 is 10.5. The first-order valence-electron chi connectivity index (χ1n) is 8.90. The molecule has 0 radical (unpaired) electrons. The van der Waals surface area contributed by atoms with Crippen LogP contribution in [0.5, 0.6) is 0 Å². The summed E-state index contributed by atoms with van der Waals surface area (Å²) in [7, 11) is 1.32. The lowest BCUT2D eigenvalue weighted by atomic mass is 9.90. The van der Waals surface area contributed by atoms with Crippen LogP contribution in [0.4, 0.5) is 5.69 Å². The average Bonchev–Trinajstić information content (AvgIpc) is 3.08. The fourth-order valence-corrected chi connectivity index (χ4v) is 2.70. The molecular formula is C21H25N3O3. The van der Waals surface area contributed by atoms with E-state index >= 15 is 0 Å². The van der Waals surface area contributed by atoms with Crippen molar-refractivity contribution in [2.45, 2.75) is 20.8 Å². The number of aromatic nitrogens is 1. The van der Waals surface area contributed by atoms with Crippen molar-refractivity contribution < 1.29 is 13.9 Å². The zero-order valence-corrected chi connectivity index (χ0v) is 16.1. The number of carbonyl (C=O) groups is 1. The summed E-state index contributed by atoms with van der Waals surface area (Å²) in [5, 5.41) is 4.07. The third-order valence-electron chi connectivity index (χ3n) is 4.14. The van der Waals surface area contributed by atoms with E-state index in [9.17, 15) is 4.79 Å². The minimum atomic E-state index is -0.547. The van der Waals surface area contributed by atoms with Gasteiger partial charge in [-0.15, -0.1) is 0 Å². The van der Waals surface area contributed by atoms with Gasteiger partial charge in [-0.25, -0.2) is 4.79 Å². The van der Waals surface area contributed by atoms with E-state index in [0.717, 1.165) is 11.1 Å². The van der Waals surface area contributed by atoms with Gasteiger partial charge in [0.2, 0.25) is 5.76 Å². The molecule has 2 aromatic heterocycles. The second-order valence-corrected chi connectivity index (χ2v) is 5.66. The molecule has 1 N–H and O–H groups in total. The number of nitrogens with one attached hydrogen (secondary N) is 1. The predicted molar refractivity (Wildman–Crippen MR) is 109 cm³/mol. The van der Waals surface area contributed by atoms with Gasteiger partial charge < -0.3 is 14.5 Å². The number of allylic oxidation sites excluding steroid dienone is 4. The first kappa shape index (κ1) is 20.2. The van der Waals surface area contributed by atoms with Gasteiger partial charge in [0, 0.05) is 41.5 Å². The molecule has 0 saturated carbocycles. The number of hydrogen-bond donors (Lipinski definition) is 1. The summed E-state index contributed by atoms with van der Waals surface area (Å²) in [5.74, 6) is -0.154. The van der Waals surface area contributed by atoms with Crippen LogP contribution in [0, 0.1) is 11.8 Å². The Balaban J connectivity index is 0.00000126. The molecule has 0 amide bonds. The molecule has 1 aliphatic heterocycles. The standard InChI is InChI=1S/C19H19N3O3.C2H6/c1-4-5-6-13-9-21-10-15(12(13)2)22-17-14-7-8-20-11-16(14)25-18(17)19(23)24-3;1-2/h4-13,22H,1H2,2-3H3;1-2H3/b6-5-;. The average molecular weight is 367 g/mol. The van der Waals surface area contributed by atoms with Crippen molar-refractivity contribution in [1.29, 1.82) is 0 Å². The van der Waals surface area contributed by atoms with Crippen LogP contribution < -0.4 is 5.32 Å². The van der Waals surface area contributed by atoms with Gasteiger partial charge in [-0.1, -0.05) is 45.6 Å².